The van der Waals surface area contributed by atoms with Gasteiger partial charge in [-0.15, -0.1) is 0 Å². The molecule has 2 aromatic rings. The van der Waals surface area contributed by atoms with Gasteiger partial charge in [-0.3, -0.25) is 14.5 Å². The normalized spacial score (nSPS) is 20.0. The van der Waals surface area contributed by atoms with Gasteiger partial charge in [0.15, 0.2) is 0 Å². The third-order valence-corrected chi connectivity index (χ3v) is 5.37. The predicted octanol–water partition coefficient (Wildman–Crippen LogP) is 3.37. The molecule has 0 bridgehead atoms. The summed E-state index contributed by atoms with van der Waals surface area (Å²) in [5, 5.41) is 6.10. The Hall–Kier alpha value is -2.86. The molecule has 0 spiro atoms. The Kier molecular flexibility index (Phi) is 5.70. The molecule has 0 radical (unpaired) electrons. The number of carbonyl (C=O) groups is 3. The molecular weight excluding hydrogens is 378 g/mol. The largest absolute Gasteiger partial charge is 0.348 e. The number of amides is 4. The van der Waals surface area contributed by atoms with E-state index in [0.29, 0.717) is 17.0 Å². The highest BCUT2D eigenvalue weighted by Gasteiger charge is 2.51. The summed E-state index contributed by atoms with van der Waals surface area (Å²) in [5.41, 5.74) is 0.317. The van der Waals surface area contributed by atoms with E-state index < -0.39 is 23.4 Å². The number of rotatable bonds is 6. The lowest BCUT2D eigenvalue weighted by atomic mass is 9.87. The fourth-order valence-electron chi connectivity index (χ4n) is 3.47. The summed E-state index contributed by atoms with van der Waals surface area (Å²) < 4.78 is 0. The van der Waals surface area contributed by atoms with Crippen LogP contribution in [0.2, 0.25) is 5.02 Å². The van der Waals surface area contributed by atoms with Gasteiger partial charge in [0.05, 0.1) is 6.04 Å². The molecule has 1 aliphatic heterocycles. The van der Waals surface area contributed by atoms with Gasteiger partial charge in [-0.05, 0) is 30.5 Å². The number of hydrogen-bond acceptors (Lipinski definition) is 3. The molecule has 1 saturated heterocycles. The minimum absolute atomic E-state index is 0.353. The average molecular weight is 400 g/mol. The maximum Gasteiger partial charge on any atom is 0.325 e. The molecule has 1 fully saturated rings. The molecule has 146 valence electrons. The maximum atomic E-state index is 13.1. The quantitative estimate of drug-likeness (QED) is 0.731. The summed E-state index contributed by atoms with van der Waals surface area (Å²) in [4.78, 5) is 39.0. The molecule has 28 heavy (non-hydrogen) atoms. The monoisotopic (exact) mass is 399 g/mol. The van der Waals surface area contributed by atoms with E-state index in [1.165, 1.54) is 0 Å². The second-order valence-electron chi connectivity index (χ2n) is 6.76. The fraction of sp³-hybridized carbons (Fsp3) is 0.286. The second kappa shape index (κ2) is 8.02. The van der Waals surface area contributed by atoms with Gasteiger partial charge in [0.1, 0.15) is 12.1 Å². The smallest absolute Gasteiger partial charge is 0.325 e. The van der Waals surface area contributed by atoms with Crippen molar-refractivity contribution in [3.63, 3.8) is 0 Å². The first kappa shape index (κ1) is 19.9. The van der Waals surface area contributed by atoms with Crippen LogP contribution in [-0.2, 0) is 15.1 Å². The van der Waals surface area contributed by atoms with Gasteiger partial charge in [0, 0.05) is 5.02 Å². The Bertz CT molecular complexity index is 903. The van der Waals surface area contributed by atoms with E-state index in [1.54, 1.807) is 25.1 Å². The summed E-state index contributed by atoms with van der Waals surface area (Å²) in [7, 11) is 0. The molecule has 0 aliphatic carbocycles. The van der Waals surface area contributed by atoms with E-state index in [9.17, 15) is 14.4 Å². The summed E-state index contributed by atoms with van der Waals surface area (Å²) in [6.45, 7) is 3.27. The van der Waals surface area contributed by atoms with E-state index >= 15 is 0 Å². The van der Waals surface area contributed by atoms with E-state index in [1.807, 2.05) is 43.3 Å². The zero-order valence-corrected chi connectivity index (χ0v) is 16.5. The molecule has 2 atom stereocenters. The van der Waals surface area contributed by atoms with Crippen LogP contribution >= 0.6 is 11.6 Å². The van der Waals surface area contributed by atoms with Crippen molar-refractivity contribution in [2.24, 2.45) is 0 Å². The average Bonchev–Trinajstić information content (AvgIpc) is 2.94. The SMILES string of the molecule is CCC1(c2ccccc2)NC(=O)N(CC(=O)NC(C)c2ccccc2Cl)C1=O. The number of benzene rings is 2. The Morgan fingerprint density at radius 1 is 1.14 bits per heavy atom. The molecule has 2 unspecified atom stereocenters. The van der Waals surface area contributed by atoms with E-state index in [2.05, 4.69) is 10.6 Å². The van der Waals surface area contributed by atoms with Crippen molar-refractivity contribution in [1.82, 2.24) is 15.5 Å². The standard InChI is InChI=1S/C21H22ClN3O3/c1-3-21(15-9-5-4-6-10-15)19(27)25(20(28)24-21)13-18(26)23-14(2)16-11-7-8-12-17(16)22/h4-12,14H,3,13H2,1-2H3,(H,23,26)(H,24,28). The van der Waals surface area contributed by atoms with Crippen LogP contribution in [0.3, 0.4) is 0 Å². The molecule has 7 heteroatoms. The number of imide groups is 1. The van der Waals surface area contributed by atoms with Gasteiger partial charge in [0.2, 0.25) is 5.91 Å². The van der Waals surface area contributed by atoms with Crippen molar-refractivity contribution in [1.29, 1.82) is 0 Å². The zero-order chi connectivity index (χ0) is 20.3. The summed E-state index contributed by atoms with van der Waals surface area (Å²) in [5.74, 6) is -0.859. The molecule has 0 aromatic heterocycles. The molecule has 1 heterocycles. The molecule has 2 aromatic carbocycles. The first-order valence-corrected chi connectivity index (χ1v) is 9.50. The van der Waals surface area contributed by atoms with Crippen LogP contribution < -0.4 is 10.6 Å². The zero-order valence-electron chi connectivity index (χ0n) is 15.7. The molecule has 1 aliphatic rings. The fourth-order valence-corrected chi connectivity index (χ4v) is 3.77. The van der Waals surface area contributed by atoms with E-state index in [0.717, 1.165) is 10.5 Å². The highest BCUT2D eigenvalue weighted by atomic mass is 35.5. The number of nitrogens with zero attached hydrogens (tertiary/aromatic N) is 1. The number of hydrogen-bond donors (Lipinski definition) is 2. The van der Waals surface area contributed by atoms with E-state index in [-0.39, 0.29) is 12.6 Å². The van der Waals surface area contributed by atoms with Crippen LogP contribution in [-0.4, -0.2) is 29.3 Å². The maximum absolute atomic E-state index is 13.1. The third-order valence-electron chi connectivity index (χ3n) is 5.02. The topological polar surface area (TPSA) is 78.5 Å². The van der Waals surface area contributed by atoms with Crippen LogP contribution in [0.4, 0.5) is 4.79 Å². The minimum Gasteiger partial charge on any atom is -0.348 e. The number of urea groups is 1. The summed E-state index contributed by atoms with van der Waals surface area (Å²) >= 11 is 6.16. The molecular formula is C21H22ClN3O3. The van der Waals surface area contributed by atoms with Gasteiger partial charge in [-0.25, -0.2) is 4.79 Å². The van der Waals surface area contributed by atoms with Crippen LogP contribution in [0.5, 0.6) is 0 Å². The lowest BCUT2D eigenvalue weighted by molar-refractivity contribution is -0.135. The molecule has 0 saturated carbocycles. The highest BCUT2D eigenvalue weighted by molar-refractivity contribution is 6.31. The lowest BCUT2D eigenvalue weighted by Gasteiger charge is -2.25. The van der Waals surface area contributed by atoms with Crippen molar-refractivity contribution in [3.05, 3.63) is 70.7 Å². The van der Waals surface area contributed by atoms with E-state index in [4.69, 9.17) is 11.6 Å². The third kappa shape index (κ3) is 3.60. The van der Waals surface area contributed by atoms with Gasteiger partial charge in [-0.1, -0.05) is 67.1 Å². The van der Waals surface area contributed by atoms with Crippen molar-refractivity contribution in [2.75, 3.05) is 6.54 Å². The van der Waals surface area contributed by atoms with Gasteiger partial charge >= 0.3 is 6.03 Å². The first-order chi connectivity index (χ1) is 13.4. The summed E-state index contributed by atoms with van der Waals surface area (Å²) in [6.07, 6.45) is 0.385. The van der Waals surface area contributed by atoms with Crippen molar-refractivity contribution >= 4 is 29.4 Å². The van der Waals surface area contributed by atoms with Gasteiger partial charge < -0.3 is 10.6 Å². The van der Waals surface area contributed by atoms with Crippen molar-refractivity contribution < 1.29 is 14.4 Å². The minimum atomic E-state index is -1.15. The van der Waals surface area contributed by atoms with Crippen LogP contribution in [0.15, 0.2) is 54.6 Å². The molecule has 6 nitrogen and oxygen atoms in total. The lowest BCUT2D eigenvalue weighted by Crippen LogP contribution is -2.45. The van der Waals surface area contributed by atoms with Gasteiger partial charge in [-0.2, -0.15) is 0 Å². The Labute approximate surface area is 168 Å². The number of halogens is 1. The molecule has 4 amide bonds. The second-order valence-corrected chi connectivity index (χ2v) is 7.16. The first-order valence-electron chi connectivity index (χ1n) is 9.12. The number of nitrogens with one attached hydrogen (secondary N) is 2. The molecule has 2 N–H and O–H groups in total. The Balaban J connectivity index is 1.74. The van der Waals surface area contributed by atoms with Gasteiger partial charge in [0.25, 0.3) is 5.91 Å². The number of carbonyl (C=O) groups excluding carboxylic acids is 3. The highest BCUT2D eigenvalue weighted by Crippen LogP contribution is 2.32. The van der Waals surface area contributed by atoms with Crippen LogP contribution in [0, 0.1) is 0 Å². The van der Waals surface area contributed by atoms with Crippen molar-refractivity contribution in [2.45, 2.75) is 31.8 Å². The van der Waals surface area contributed by atoms with Crippen LogP contribution in [0.1, 0.15) is 37.4 Å². The Morgan fingerprint density at radius 3 is 2.43 bits per heavy atom. The van der Waals surface area contributed by atoms with Crippen molar-refractivity contribution in [3.8, 4) is 0 Å². The summed E-state index contributed by atoms with van der Waals surface area (Å²) in [6, 6.07) is 15.3. The Morgan fingerprint density at radius 2 is 1.79 bits per heavy atom. The van der Waals surface area contributed by atoms with Crippen LogP contribution in [0.25, 0.3) is 0 Å². The predicted molar refractivity (Wildman–Crippen MR) is 107 cm³/mol. The molecule has 3 rings (SSSR count).